The molecular weight excluding hydrogens is 228 g/mol. The summed E-state index contributed by atoms with van der Waals surface area (Å²) in [5.41, 5.74) is 9.46. The highest BCUT2D eigenvalue weighted by molar-refractivity contribution is 5.71. The number of anilines is 1. The smallest absolute Gasteiger partial charge is 0.167 e. The van der Waals surface area contributed by atoms with Crippen molar-refractivity contribution >= 4 is 5.69 Å². The number of nitrogens with two attached hydrogens (primary N) is 1. The Morgan fingerprint density at radius 3 is 2.50 bits per heavy atom. The van der Waals surface area contributed by atoms with Crippen LogP contribution in [0.25, 0.3) is 11.3 Å². The van der Waals surface area contributed by atoms with E-state index in [1.807, 2.05) is 45.9 Å². The lowest BCUT2D eigenvalue weighted by atomic mass is 10.0. The molecule has 1 aromatic carbocycles. The minimum absolute atomic E-state index is 0.102. The molecule has 0 spiro atoms. The maximum atomic E-state index is 6.00. The number of benzene rings is 1. The standard InChI is InChI=1S/C14H18N2O2/c1-8(2)17-14-5-9(3)11(7-12(14)15)13-6-10(4)16-18-13/h5-8H,15H2,1-4H3. The molecule has 18 heavy (non-hydrogen) atoms. The van der Waals surface area contributed by atoms with Crippen LogP contribution < -0.4 is 10.5 Å². The molecule has 0 atom stereocenters. The van der Waals surface area contributed by atoms with Crippen LogP contribution in [-0.2, 0) is 0 Å². The van der Waals surface area contributed by atoms with Crippen LogP contribution in [0.2, 0.25) is 0 Å². The van der Waals surface area contributed by atoms with Crippen LogP contribution in [0.5, 0.6) is 5.75 Å². The first-order chi connectivity index (χ1) is 8.47. The summed E-state index contributed by atoms with van der Waals surface area (Å²) < 4.78 is 10.9. The van der Waals surface area contributed by atoms with Crippen molar-refractivity contribution in [3.05, 3.63) is 29.5 Å². The molecule has 2 rings (SSSR count). The minimum atomic E-state index is 0.102. The molecule has 2 aromatic rings. The third-order valence-electron chi connectivity index (χ3n) is 2.61. The monoisotopic (exact) mass is 246 g/mol. The van der Waals surface area contributed by atoms with E-state index in [9.17, 15) is 0 Å². The van der Waals surface area contributed by atoms with E-state index in [-0.39, 0.29) is 6.10 Å². The predicted molar refractivity (Wildman–Crippen MR) is 71.6 cm³/mol. The van der Waals surface area contributed by atoms with E-state index in [0.717, 1.165) is 22.6 Å². The van der Waals surface area contributed by atoms with Crippen LogP contribution in [-0.4, -0.2) is 11.3 Å². The van der Waals surface area contributed by atoms with Crippen molar-refractivity contribution in [1.82, 2.24) is 5.16 Å². The van der Waals surface area contributed by atoms with E-state index in [2.05, 4.69) is 5.16 Å². The topological polar surface area (TPSA) is 61.3 Å². The first-order valence-corrected chi connectivity index (χ1v) is 5.98. The first kappa shape index (κ1) is 12.5. The van der Waals surface area contributed by atoms with Gasteiger partial charge in [-0.05, 0) is 45.4 Å². The average Bonchev–Trinajstić information content (AvgIpc) is 2.69. The lowest BCUT2D eigenvalue weighted by Gasteiger charge is -2.14. The molecule has 0 unspecified atom stereocenters. The Labute approximate surface area is 107 Å². The Hall–Kier alpha value is -1.97. The normalized spacial score (nSPS) is 10.9. The summed E-state index contributed by atoms with van der Waals surface area (Å²) in [5.74, 6) is 1.44. The molecule has 2 N–H and O–H groups in total. The lowest BCUT2D eigenvalue weighted by Crippen LogP contribution is -2.07. The highest BCUT2D eigenvalue weighted by atomic mass is 16.5. The van der Waals surface area contributed by atoms with Gasteiger partial charge in [0.1, 0.15) is 5.75 Å². The first-order valence-electron chi connectivity index (χ1n) is 5.98. The van der Waals surface area contributed by atoms with E-state index < -0.39 is 0 Å². The van der Waals surface area contributed by atoms with Crippen molar-refractivity contribution in [1.29, 1.82) is 0 Å². The van der Waals surface area contributed by atoms with Gasteiger partial charge in [-0.25, -0.2) is 0 Å². The molecule has 4 nitrogen and oxygen atoms in total. The van der Waals surface area contributed by atoms with Gasteiger partial charge in [0.25, 0.3) is 0 Å². The number of hydrogen-bond donors (Lipinski definition) is 1. The number of aromatic nitrogens is 1. The Kier molecular flexibility index (Phi) is 3.28. The van der Waals surface area contributed by atoms with Gasteiger partial charge < -0.3 is 15.0 Å². The number of rotatable bonds is 3. The molecule has 0 radical (unpaired) electrons. The van der Waals surface area contributed by atoms with Gasteiger partial charge >= 0.3 is 0 Å². The predicted octanol–water partition coefficient (Wildman–Crippen LogP) is 3.33. The Morgan fingerprint density at radius 1 is 1.22 bits per heavy atom. The lowest BCUT2D eigenvalue weighted by molar-refractivity contribution is 0.243. The molecule has 0 saturated heterocycles. The quantitative estimate of drug-likeness (QED) is 0.844. The maximum absolute atomic E-state index is 6.00. The summed E-state index contributed by atoms with van der Waals surface area (Å²) in [7, 11) is 0. The van der Waals surface area contributed by atoms with Crippen LogP contribution in [0.15, 0.2) is 22.7 Å². The SMILES string of the molecule is Cc1cc(-c2cc(N)c(OC(C)C)cc2C)on1. The van der Waals surface area contributed by atoms with E-state index in [0.29, 0.717) is 11.4 Å². The van der Waals surface area contributed by atoms with Crippen LogP contribution in [0.4, 0.5) is 5.69 Å². The third kappa shape index (κ3) is 2.47. The van der Waals surface area contributed by atoms with E-state index in [1.165, 1.54) is 0 Å². The molecule has 4 heteroatoms. The van der Waals surface area contributed by atoms with E-state index in [4.69, 9.17) is 15.0 Å². The summed E-state index contributed by atoms with van der Waals surface area (Å²) in [4.78, 5) is 0. The van der Waals surface area contributed by atoms with Crippen molar-refractivity contribution < 1.29 is 9.26 Å². The Bertz CT molecular complexity index is 559. The third-order valence-corrected chi connectivity index (χ3v) is 2.61. The van der Waals surface area contributed by atoms with Gasteiger partial charge in [-0.2, -0.15) is 0 Å². The second-order valence-electron chi connectivity index (χ2n) is 4.70. The fourth-order valence-electron chi connectivity index (χ4n) is 1.81. The largest absolute Gasteiger partial charge is 0.489 e. The summed E-state index contributed by atoms with van der Waals surface area (Å²) in [6.07, 6.45) is 0.102. The van der Waals surface area contributed by atoms with Gasteiger partial charge in [-0.15, -0.1) is 0 Å². The van der Waals surface area contributed by atoms with Gasteiger partial charge in [0.15, 0.2) is 5.76 Å². The number of aryl methyl sites for hydroxylation is 2. The molecule has 96 valence electrons. The van der Waals surface area contributed by atoms with Crippen molar-refractivity contribution in [2.45, 2.75) is 33.8 Å². The summed E-state index contributed by atoms with van der Waals surface area (Å²) in [6.45, 7) is 7.84. The van der Waals surface area contributed by atoms with Crippen molar-refractivity contribution in [2.75, 3.05) is 5.73 Å². The van der Waals surface area contributed by atoms with E-state index >= 15 is 0 Å². The number of hydrogen-bond acceptors (Lipinski definition) is 4. The molecule has 0 amide bonds. The number of nitrogens with zero attached hydrogens (tertiary/aromatic N) is 1. The number of nitrogen functional groups attached to an aromatic ring is 1. The summed E-state index contributed by atoms with van der Waals surface area (Å²) >= 11 is 0. The van der Waals surface area contributed by atoms with Crippen molar-refractivity contribution in [2.24, 2.45) is 0 Å². The van der Waals surface area contributed by atoms with Gasteiger partial charge in [-0.1, -0.05) is 5.16 Å². The van der Waals surface area contributed by atoms with Crippen LogP contribution in [0.3, 0.4) is 0 Å². The van der Waals surface area contributed by atoms with E-state index in [1.54, 1.807) is 0 Å². The molecule has 0 bridgehead atoms. The Balaban J connectivity index is 2.42. The second kappa shape index (κ2) is 4.72. The molecular formula is C14H18N2O2. The van der Waals surface area contributed by atoms with Crippen molar-refractivity contribution in [3.8, 4) is 17.1 Å². The summed E-state index contributed by atoms with van der Waals surface area (Å²) in [6, 6.07) is 5.69. The zero-order chi connectivity index (χ0) is 13.3. The zero-order valence-electron chi connectivity index (χ0n) is 11.2. The molecule has 0 fully saturated rings. The van der Waals surface area contributed by atoms with Crippen LogP contribution >= 0.6 is 0 Å². The second-order valence-corrected chi connectivity index (χ2v) is 4.70. The van der Waals surface area contributed by atoms with Gasteiger partial charge in [0.05, 0.1) is 17.5 Å². The molecule has 0 aliphatic rings. The molecule has 1 heterocycles. The molecule has 0 aliphatic heterocycles. The van der Waals surface area contributed by atoms with Crippen molar-refractivity contribution in [3.63, 3.8) is 0 Å². The minimum Gasteiger partial charge on any atom is -0.489 e. The van der Waals surface area contributed by atoms with Crippen LogP contribution in [0.1, 0.15) is 25.1 Å². The number of ether oxygens (including phenoxy) is 1. The molecule has 0 aliphatic carbocycles. The van der Waals surface area contributed by atoms with Gasteiger partial charge in [0.2, 0.25) is 0 Å². The summed E-state index contributed by atoms with van der Waals surface area (Å²) in [5, 5.41) is 3.89. The molecule has 0 saturated carbocycles. The fourth-order valence-corrected chi connectivity index (χ4v) is 1.81. The van der Waals surface area contributed by atoms with Gasteiger partial charge in [-0.3, -0.25) is 0 Å². The van der Waals surface area contributed by atoms with Gasteiger partial charge in [0, 0.05) is 11.6 Å². The fraction of sp³-hybridized carbons (Fsp3) is 0.357. The maximum Gasteiger partial charge on any atom is 0.167 e. The molecule has 1 aromatic heterocycles. The Morgan fingerprint density at radius 2 is 1.94 bits per heavy atom. The average molecular weight is 246 g/mol. The van der Waals surface area contributed by atoms with Crippen LogP contribution in [0, 0.1) is 13.8 Å². The highest BCUT2D eigenvalue weighted by Crippen LogP contribution is 2.32. The highest BCUT2D eigenvalue weighted by Gasteiger charge is 2.12. The zero-order valence-corrected chi connectivity index (χ0v) is 11.2.